The molecule has 4 nitrogen and oxygen atoms in total. The lowest BCUT2D eigenvalue weighted by Gasteiger charge is -2.08. The smallest absolute Gasteiger partial charge is 0.240 e. The van der Waals surface area contributed by atoms with Gasteiger partial charge in [0.1, 0.15) is 0 Å². The molecule has 0 aromatic heterocycles. The minimum absolute atomic E-state index is 0.212. The van der Waals surface area contributed by atoms with Crippen LogP contribution in [0.5, 0.6) is 0 Å². The number of nitrogen functional groups attached to an aromatic ring is 1. The molecule has 0 aliphatic rings. The molecule has 0 amide bonds. The van der Waals surface area contributed by atoms with Gasteiger partial charge in [0, 0.05) is 16.7 Å². The molecule has 0 saturated heterocycles. The predicted octanol–water partition coefficient (Wildman–Crippen LogP) is 3.67. The molecule has 0 heterocycles. The summed E-state index contributed by atoms with van der Waals surface area (Å²) in [5.74, 6) is 0. The van der Waals surface area contributed by atoms with Crippen LogP contribution in [0.1, 0.15) is 45.4 Å². The van der Waals surface area contributed by atoms with Crippen molar-refractivity contribution in [3.8, 4) is 0 Å². The van der Waals surface area contributed by atoms with Crippen LogP contribution in [0, 0.1) is 0 Å². The normalized spacial score (nSPS) is 11.7. The fraction of sp³-hybridized carbons (Fsp3) is 0.571. The number of nitrogens with one attached hydrogen (secondary N) is 1. The number of anilines is 1. The Bertz CT molecular complexity index is 518. The molecule has 0 bridgehead atoms. The molecule has 0 aliphatic carbocycles. The molecule has 0 spiro atoms. The number of nitrogens with two attached hydrogens (primary N) is 1. The van der Waals surface area contributed by atoms with Crippen LogP contribution in [0.15, 0.2) is 27.6 Å². The van der Waals surface area contributed by atoms with Gasteiger partial charge in [0.2, 0.25) is 10.0 Å². The molecule has 0 saturated carbocycles. The quantitative estimate of drug-likeness (QED) is 0.519. The molecule has 1 aromatic carbocycles. The first-order valence-electron chi connectivity index (χ1n) is 7.02. The third kappa shape index (κ3) is 5.81. The van der Waals surface area contributed by atoms with Gasteiger partial charge in [-0.05, 0) is 40.5 Å². The standard InChI is InChI=1S/C14H23BrN2O2S/c1-2-3-4-5-6-7-10-17-20(18,19)12-8-9-13(15)14(16)11-12/h8-9,11,17H,2-7,10,16H2,1H3. The molecular formula is C14H23BrN2O2S. The topological polar surface area (TPSA) is 72.2 Å². The van der Waals surface area contributed by atoms with Crippen molar-refractivity contribution in [2.45, 2.75) is 50.3 Å². The Morgan fingerprint density at radius 1 is 1.15 bits per heavy atom. The van der Waals surface area contributed by atoms with Gasteiger partial charge < -0.3 is 5.73 Å². The molecular weight excluding hydrogens is 340 g/mol. The van der Waals surface area contributed by atoms with Crippen LogP contribution in [-0.4, -0.2) is 15.0 Å². The van der Waals surface area contributed by atoms with Crippen LogP contribution in [0.3, 0.4) is 0 Å². The summed E-state index contributed by atoms with van der Waals surface area (Å²) >= 11 is 3.25. The van der Waals surface area contributed by atoms with Crippen molar-refractivity contribution in [2.75, 3.05) is 12.3 Å². The molecule has 0 unspecified atom stereocenters. The summed E-state index contributed by atoms with van der Waals surface area (Å²) in [6.45, 7) is 2.66. The van der Waals surface area contributed by atoms with E-state index in [1.54, 1.807) is 12.1 Å². The van der Waals surface area contributed by atoms with Gasteiger partial charge in [0.25, 0.3) is 0 Å². The molecule has 0 radical (unpaired) electrons. The highest BCUT2D eigenvalue weighted by molar-refractivity contribution is 9.10. The summed E-state index contributed by atoms with van der Waals surface area (Å²) in [7, 11) is -3.45. The van der Waals surface area contributed by atoms with Crippen molar-refractivity contribution < 1.29 is 8.42 Å². The molecule has 0 fully saturated rings. The number of sulfonamides is 1. The maximum Gasteiger partial charge on any atom is 0.240 e. The van der Waals surface area contributed by atoms with Crippen molar-refractivity contribution in [3.05, 3.63) is 22.7 Å². The Hall–Kier alpha value is -0.590. The van der Waals surface area contributed by atoms with E-state index in [0.717, 1.165) is 12.8 Å². The number of unbranched alkanes of at least 4 members (excludes halogenated alkanes) is 5. The van der Waals surface area contributed by atoms with Crippen LogP contribution in [0.4, 0.5) is 5.69 Å². The summed E-state index contributed by atoms with van der Waals surface area (Å²) in [4.78, 5) is 0.212. The molecule has 3 N–H and O–H groups in total. The third-order valence-electron chi connectivity index (χ3n) is 3.10. The fourth-order valence-electron chi connectivity index (χ4n) is 1.88. The van der Waals surface area contributed by atoms with Crippen molar-refractivity contribution >= 4 is 31.6 Å². The van der Waals surface area contributed by atoms with E-state index in [4.69, 9.17) is 5.73 Å². The first kappa shape index (κ1) is 17.5. The number of hydrogen-bond donors (Lipinski definition) is 2. The number of halogens is 1. The first-order valence-corrected chi connectivity index (χ1v) is 9.29. The second kappa shape index (κ2) is 8.64. The molecule has 1 rings (SSSR count). The zero-order chi connectivity index (χ0) is 15.0. The van der Waals surface area contributed by atoms with Gasteiger partial charge in [-0.1, -0.05) is 39.0 Å². The maximum absolute atomic E-state index is 12.0. The Kier molecular flexibility index (Phi) is 7.55. The van der Waals surface area contributed by atoms with E-state index >= 15 is 0 Å². The maximum atomic E-state index is 12.0. The van der Waals surface area contributed by atoms with Gasteiger partial charge in [0.05, 0.1) is 4.90 Å². The van der Waals surface area contributed by atoms with Crippen LogP contribution >= 0.6 is 15.9 Å². The summed E-state index contributed by atoms with van der Waals surface area (Å²) < 4.78 is 27.4. The van der Waals surface area contributed by atoms with Crippen molar-refractivity contribution in [1.82, 2.24) is 4.72 Å². The van der Waals surface area contributed by atoms with E-state index in [0.29, 0.717) is 16.7 Å². The lowest BCUT2D eigenvalue weighted by Crippen LogP contribution is -2.24. The van der Waals surface area contributed by atoms with Crippen LogP contribution in [-0.2, 0) is 10.0 Å². The van der Waals surface area contributed by atoms with Crippen LogP contribution in [0.25, 0.3) is 0 Å². The summed E-state index contributed by atoms with van der Waals surface area (Å²) in [5, 5.41) is 0. The number of benzene rings is 1. The third-order valence-corrected chi connectivity index (χ3v) is 5.28. The highest BCUT2D eigenvalue weighted by atomic mass is 79.9. The van der Waals surface area contributed by atoms with Gasteiger partial charge in [-0.25, -0.2) is 13.1 Å². The van der Waals surface area contributed by atoms with E-state index in [2.05, 4.69) is 27.6 Å². The molecule has 0 atom stereocenters. The highest BCUT2D eigenvalue weighted by Crippen LogP contribution is 2.22. The zero-order valence-electron chi connectivity index (χ0n) is 11.9. The second-order valence-electron chi connectivity index (χ2n) is 4.85. The predicted molar refractivity (Wildman–Crippen MR) is 87.1 cm³/mol. The second-order valence-corrected chi connectivity index (χ2v) is 7.47. The minimum Gasteiger partial charge on any atom is -0.398 e. The Morgan fingerprint density at radius 3 is 2.45 bits per heavy atom. The highest BCUT2D eigenvalue weighted by Gasteiger charge is 2.14. The number of rotatable bonds is 9. The van der Waals surface area contributed by atoms with E-state index in [1.165, 1.54) is 31.7 Å². The summed E-state index contributed by atoms with van der Waals surface area (Å²) in [6, 6.07) is 4.66. The molecule has 20 heavy (non-hydrogen) atoms. The molecule has 6 heteroatoms. The Labute approximate surface area is 130 Å². The van der Waals surface area contributed by atoms with E-state index in [9.17, 15) is 8.42 Å². The Balaban J connectivity index is 2.40. The largest absolute Gasteiger partial charge is 0.398 e. The van der Waals surface area contributed by atoms with Gasteiger partial charge >= 0.3 is 0 Å². The van der Waals surface area contributed by atoms with E-state index in [1.807, 2.05) is 0 Å². The van der Waals surface area contributed by atoms with Crippen LogP contribution in [0.2, 0.25) is 0 Å². The lowest BCUT2D eigenvalue weighted by atomic mass is 10.1. The fourth-order valence-corrected chi connectivity index (χ4v) is 3.24. The molecule has 114 valence electrons. The summed E-state index contributed by atoms with van der Waals surface area (Å²) in [6.07, 6.45) is 6.80. The van der Waals surface area contributed by atoms with E-state index in [-0.39, 0.29) is 4.90 Å². The first-order chi connectivity index (χ1) is 9.47. The van der Waals surface area contributed by atoms with Crippen molar-refractivity contribution in [1.29, 1.82) is 0 Å². The van der Waals surface area contributed by atoms with Gasteiger partial charge in [0.15, 0.2) is 0 Å². The van der Waals surface area contributed by atoms with Crippen LogP contribution < -0.4 is 10.5 Å². The average Bonchev–Trinajstić information content (AvgIpc) is 2.40. The van der Waals surface area contributed by atoms with Crippen molar-refractivity contribution in [3.63, 3.8) is 0 Å². The number of hydrogen-bond acceptors (Lipinski definition) is 3. The average molecular weight is 363 g/mol. The van der Waals surface area contributed by atoms with Gasteiger partial charge in [-0.3, -0.25) is 0 Å². The SMILES string of the molecule is CCCCCCCCNS(=O)(=O)c1ccc(Br)c(N)c1. The molecule has 1 aromatic rings. The van der Waals surface area contributed by atoms with Gasteiger partial charge in [-0.15, -0.1) is 0 Å². The summed E-state index contributed by atoms with van der Waals surface area (Å²) in [5.41, 5.74) is 6.12. The molecule has 0 aliphatic heterocycles. The van der Waals surface area contributed by atoms with Crippen molar-refractivity contribution in [2.24, 2.45) is 0 Å². The zero-order valence-corrected chi connectivity index (χ0v) is 14.3. The van der Waals surface area contributed by atoms with E-state index < -0.39 is 10.0 Å². The van der Waals surface area contributed by atoms with Gasteiger partial charge in [-0.2, -0.15) is 0 Å². The Morgan fingerprint density at radius 2 is 1.80 bits per heavy atom. The monoisotopic (exact) mass is 362 g/mol. The minimum atomic E-state index is -3.45. The lowest BCUT2D eigenvalue weighted by molar-refractivity contribution is 0.567.